The Morgan fingerprint density at radius 3 is 1.32 bits per heavy atom. The molecule has 0 spiro atoms. The molecule has 0 N–H and O–H groups in total. The number of nitro groups is 1. The quantitative estimate of drug-likeness (QED) is 0.166. The summed E-state index contributed by atoms with van der Waals surface area (Å²) in [6.45, 7) is 3.98. The number of hydrogen-bond donors (Lipinski definition) is 0. The second-order valence-corrected chi connectivity index (χ2v) is 6.87. The maximum Gasteiger partial charge on any atom is 0.210 e. The van der Waals surface area contributed by atoms with Gasteiger partial charge in [-0.1, -0.05) is 96.8 Å². The lowest BCUT2D eigenvalue weighted by atomic mass is 10.0. The lowest BCUT2D eigenvalue weighted by Crippen LogP contribution is -2.14. The molecule has 0 aromatic carbocycles. The highest BCUT2D eigenvalue weighted by Gasteiger charge is 2.10. The van der Waals surface area contributed by atoms with E-state index in [1.165, 1.54) is 83.5 Å². The van der Waals surface area contributed by atoms with Gasteiger partial charge in [-0.05, 0) is 6.42 Å². The summed E-state index contributed by atoms with van der Waals surface area (Å²) < 4.78 is 0. The Hall–Kier alpha value is -0.600. The number of nitrogens with zero attached hydrogens (tertiary/aromatic N) is 1. The van der Waals surface area contributed by atoms with Gasteiger partial charge in [-0.2, -0.15) is 0 Å². The maximum atomic E-state index is 10.5. The van der Waals surface area contributed by atoms with E-state index < -0.39 is 0 Å². The monoisotopic (exact) mass is 313 g/mol. The van der Waals surface area contributed by atoms with Gasteiger partial charge in [-0.25, -0.2) is 0 Å². The van der Waals surface area contributed by atoms with Crippen LogP contribution in [0, 0.1) is 10.1 Å². The standard InChI is InChI=1S/C19H39NO2/c1-3-4-5-6-7-8-9-10-11-12-13-14-15-16-17-18-19(2)20(21)22/h19H,3-18H2,1-2H3. The van der Waals surface area contributed by atoms with Crippen LogP contribution in [0.25, 0.3) is 0 Å². The van der Waals surface area contributed by atoms with E-state index >= 15 is 0 Å². The topological polar surface area (TPSA) is 43.1 Å². The van der Waals surface area contributed by atoms with Crippen LogP contribution < -0.4 is 0 Å². The molecule has 0 saturated heterocycles. The zero-order chi connectivity index (χ0) is 16.5. The fraction of sp³-hybridized carbons (Fsp3) is 1.00. The van der Waals surface area contributed by atoms with Crippen molar-refractivity contribution in [3.63, 3.8) is 0 Å². The molecule has 0 radical (unpaired) electrons. The summed E-state index contributed by atoms with van der Waals surface area (Å²) in [5.74, 6) is 0. The van der Waals surface area contributed by atoms with Crippen molar-refractivity contribution in [3.05, 3.63) is 10.1 Å². The number of hydrogen-bond acceptors (Lipinski definition) is 2. The number of unbranched alkanes of at least 4 members (excludes halogenated alkanes) is 14. The molecule has 0 saturated carbocycles. The molecular weight excluding hydrogens is 274 g/mol. The lowest BCUT2D eigenvalue weighted by Gasteiger charge is -2.04. The predicted molar refractivity (Wildman–Crippen MR) is 96.0 cm³/mol. The Morgan fingerprint density at radius 1 is 0.682 bits per heavy atom. The van der Waals surface area contributed by atoms with Crippen LogP contribution in [0.3, 0.4) is 0 Å². The highest BCUT2D eigenvalue weighted by Crippen LogP contribution is 2.14. The fourth-order valence-corrected chi connectivity index (χ4v) is 2.92. The first-order chi connectivity index (χ1) is 10.7. The van der Waals surface area contributed by atoms with Crippen molar-refractivity contribution in [3.8, 4) is 0 Å². The average Bonchev–Trinajstić information content (AvgIpc) is 2.50. The van der Waals surface area contributed by atoms with E-state index in [0.29, 0.717) is 0 Å². The third-order valence-electron chi connectivity index (χ3n) is 4.59. The molecule has 3 nitrogen and oxygen atoms in total. The first kappa shape index (κ1) is 21.4. The van der Waals surface area contributed by atoms with Gasteiger partial charge >= 0.3 is 0 Å². The summed E-state index contributed by atoms with van der Waals surface area (Å²) in [7, 11) is 0. The van der Waals surface area contributed by atoms with E-state index in [2.05, 4.69) is 6.92 Å². The zero-order valence-electron chi connectivity index (χ0n) is 15.2. The smallest absolute Gasteiger partial charge is 0.210 e. The molecular formula is C19H39NO2. The van der Waals surface area contributed by atoms with Crippen LogP contribution in [0.4, 0.5) is 0 Å². The van der Waals surface area contributed by atoms with Crippen molar-refractivity contribution in [1.82, 2.24) is 0 Å². The molecule has 22 heavy (non-hydrogen) atoms. The average molecular weight is 314 g/mol. The highest BCUT2D eigenvalue weighted by molar-refractivity contribution is 4.52. The first-order valence-electron chi connectivity index (χ1n) is 9.82. The van der Waals surface area contributed by atoms with Crippen molar-refractivity contribution in [2.45, 2.75) is 123 Å². The Bertz CT molecular complexity index is 244. The fourth-order valence-electron chi connectivity index (χ4n) is 2.92. The van der Waals surface area contributed by atoms with Gasteiger partial charge < -0.3 is 0 Å². The minimum absolute atomic E-state index is 0.163. The molecule has 1 atom stereocenters. The summed E-state index contributed by atoms with van der Waals surface area (Å²) in [5.41, 5.74) is 0. The van der Waals surface area contributed by atoms with E-state index in [-0.39, 0.29) is 11.0 Å². The van der Waals surface area contributed by atoms with E-state index in [1.807, 2.05) is 0 Å². The van der Waals surface area contributed by atoms with Crippen LogP contribution in [-0.4, -0.2) is 11.0 Å². The maximum absolute atomic E-state index is 10.5. The van der Waals surface area contributed by atoms with Gasteiger partial charge in [-0.15, -0.1) is 0 Å². The van der Waals surface area contributed by atoms with Gasteiger partial charge in [0.25, 0.3) is 0 Å². The summed E-state index contributed by atoms with van der Waals surface area (Å²) in [6.07, 6.45) is 20.9. The van der Waals surface area contributed by atoms with Crippen molar-refractivity contribution in [2.75, 3.05) is 0 Å². The molecule has 0 amide bonds. The number of rotatable bonds is 17. The van der Waals surface area contributed by atoms with Crippen molar-refractivity contribution >= 4 is 0 Å². The van der Waals surface area contributed by atoms with Crippen LogP contribution in [0.15, 0.2) is 0 Å². The summed E-state index contributed by atoms with van der Waals surface area (Å²) in [5, 5.41) is 10.5. The van der Waals surface area contributed by atoms with Gasteiger partial charge in [0, 0.05) is 18.3 Å². The van der Waals surface area contributed by atoms with Gasteiger partial charge in [0.1, 0.15) is 0 Å². The van der Waals surface area contributed by atoms with E-state index in [0.717, 1.165) is 19.3 Å². The molecule has 0 aliphatic heterocycles. The van der Waals surface area contributed by atoms with Gasteiger partial charge in [-0.3, -0.25) is 10.1 Å². The van der Waals surface area contributed by atoms with Crippen LogP contribution >= 0.6 is 0 Å². The molecule has 3 heteroatoms. The van der Waals surface area contributed by atoms with Crippen molar-refractivity contribution in [2.24, 2.45) is 0 Å². The minimum atomic E-state index is -0.359. The Labute approximate surface area is 138 Å². The third-order valence-corrected chi connectivity index (χ3v) is 4.59. The van der Waals surface area contributed by atoms with Crippen molar-refractivity contribution < 1.29 is 4.92 Å². The largest absolute Gasteiger partial charge is 0.264 e. The third kappa shape index (κ3) is 15.8. The van der Waals surface area contributed by atoms with E-state index in [4.69, 9.17) is 0 Å². The zero-order valence-corrected chi connectivity index (χ0v) is 15.2. The minimum Gasteiger partial charge on any atom is -0.264 e. The van der Waals surface area contributed by atoms with Gasteiger partial charge in [0.05, 0.1) is 0 Å². The van der Waals surface area contributed by atoms with Crippen molar-refractivity contribution in [1.29, 1.82) is 0 Å². The van der Waals surface area contributed by atoms with Gasteiger partial charge in [0.15, 0.2) is 0 Å². The van der Waals surface area contributed by atoms with Gasteiger partial charge in [0.2, 0.25) is 6.04 Å². The molecule has 0 rings (SSSR count). The molecule has 1 unspecified atom stereocenters. The molecule has 0 aromatic rings. The molecule has 0 aliphatic rings. The molecule has 132 valence electrons. The van der Waals surface area contributed by atoms with Crippen LogP contribution in [0.1, 0.15) is 117 Å². The Morgan fingerprint density at radius 2 is 1.00 bits per heavy atom. The molecule has 0 heterocycles. The molecule has 0 fully saturated rings. The molecule has 0 aromatic heterocycles. The highest BCUT2D eigenvalue weighted by atomic mass is 16.6. The van der Waals surface area contributed by atoms with Crippen LogP contribution in [-0.2, 0) is 0 Å². The van der Waals surface area contributed by atoms with E-state index in [9.17, 15) is 10.1 Å². The summed E-state index contributed by atoms with van der Waals surface area (Å²) in [6, 6.07) is -0.359. The SMILES string of the molecule is CCCCCCCCCCCCCCCCCC(C)[N+](=O)[O-]. The van der Waals surface area contributed by atoms with E-state index in [1.54, 1.807) is 6.92 Å². The summed E-state index contributed by atoms with van der Waals surface area (Å²) in [4.78, 5) is 10.3. The molecule has 0 bridgehead atoms. The Kier molecular flexibility index (Phi) is 16.3. The second-order valence-electron chi connectivity index (χ2n) is 6.87. The van der Waals surface area contributed by atoms with Crippen LogP contribution in [0.2, 0.25) is 0 Å². The molecule has 0 aliphatic carbocycles. The summed E-state index contributed by atoms with van der Waals surface area (Å²) >= 11 is 0. The lowest BCUT2D eigenvalue weighted by molar-refractivity contribution is -0.519. The van der Waals surface area contributed by atoms with Crippen LogP contribution in [0.5, 0.6) is 0 Å². The predicted octanol–water partition coefficient (Wildman–Crippen LogP) is 6.91. The second kappa shape index (κ2) is 16.8. The first-order valence-corrected chi connectivity index (χ1v) is 9.82. The Balaban J connectivity index is 3.04. The normalized spacial score (nSPS) is 12.5.